The molecule has 0 saturated carbocycles. The van der Waals surface area contributed by atoms with Crippen LogP contribution in [0.4, 0.5) is 17.2 Å². The first-order valence-electron chi connectivity index (χ1n) is 10.1. The highest BCUT2D eigenvalue weighted by atomic mass is 35.5. The minimum atomic E-state index is -2.96. The molecule has 1 atom stereocenters. The minimum Gasteiger partial charge on any atom is -0.457 e. The summed E-state index contributed by atoms with van der Waals surface area (Å²) in [5.41, 5.74) is 7.49. The second-order valence-electron chi connectivity index (χ2n) is 7.23. The summed E-state index contributed by atoms with van der Waals surface area (Å²) in [6.07, 6.45) is 1.66. The topological polar surface area (TPSA) is 86.5 Å². The zero-order valence-electron chi connectivity index (χ0n) is 17.7. The van der Waals surface area contributed by atoms with Gasteiger partial charge in [0.2, 0.25) is 7.37 Å². The molecule has 0 aliphatic heterocycles. The van der Waals surface area contributed by atoms with Crippen molar-refractivity contribution < 1.29 is 13.8 Å². The second-order valence-corrected chi connectivity index (χ2v) is 10.1. The lowest BCUT2D eigenvalue weighted by Crippen LogP contribution is -2.08. The van der Waals surface area contributed by atoms with Crippen LogP contribution in [0.5, 0.6) is 11.5 Å². The third kappa shape index (κ3) is 4.73. The Morgan fingerprint density at radius 3 is 2.59 bits per heavy atom. The van der Waals surface area contributed by atoms with Crippen molar-refractivity contribution in [1.82, 2.24) is 4.98 Å². The van der Waals surface area contributed by atoms with Crippen LogP contribution in [0.15, 0.2) is 72.9 Å². The number of benzene rings is 3. The molecule has 0 amide bonds. The predicted molar refractivity (Wildman–Crippen MR) is 132 cm³/mol. The van der Waals surface area contributed by atoms with Crippen molar-refractivity contribution in [2.45, 2.75) is 6.92 Å². The maximum atomic E-state index is 12.7. The summed E-state index contributed by atoms with van der Waals surface area (Å²) in [6.45, 7) is 3.71. The summed E-state index contributed by atoms with van der Waals surface area (Å²) in [5, 5.41) is 5.93. The van der Waals surface area contributed by atoms with E-state index in [0.29, 0.717) is 45.6 Å². The molecule has 0 aliphatic rings. The van der Waals surface area contributed by atoms with Gasteiger partial charge < -0.3 is 20.3 Å². The molecule has 3 aromatic carbocycles. The van der Waals surface area contributed by atoms with Crippen LogP contribution in [-0.2, 0) is 9.09 Å². The van der Waals surface area contributed by atoms with Crippen LogP contribution >= 0.6 is 19.0 Å². The fourth-order valence-electron chi connectivity index (χ4n) is 3.43. The molecule has 1 aromatic heterocycles. The van der Waals surface area contributed by atoms with Gasteiger partial charge >= 0.3 is 0 Å². The Labute approximate surface area is 191 Å². The molecule has 8 heteroatoms. The van der Waals surface area contributed by atoms with Crippen LogP contribution in [0.2, 0.25) is 5.02 Å². The fraction of sp³-hybridized carbons (Fsp3) is 0.125. The molecule has 3 N–H and O–H groups in total. The van der Waals surface area contributed by atoms with E-state index in [4.69, 9.17) is 26.6 Å². The van der Waals surface area contributed by atoms with Crippen molar-refractivity contribution in [3.8, 4) is 11.5 Å². The monoisotopic (exact) mass is 467 g/mol. The van der Waals surface area contributed by atoms with E-state index in [9.17, 15) is 4.57 Å². The number of anilines is 3. The summed E-state index contributed by atoms with van der Waals surface area (Å²) < 4.78 is 24.2. The van der Waals surface area contributed by atoms with Crippen LogP contribution in [0.3, 0.4) is 0 Å². The van der Waals surface area contributed by atoms with Crippen molar-refractivity contribution in [2.75, 3.05) is 24.3 Å². The number of nitrogen functional groups attached to an aromatic ring is 1. The summed E-state index contributed by atoms with van der Waals surface area (Å²) in [6, 6.07) is 20.3. The van der Waals surface area contributed by atoms with Crippen molar-refractivity contribution >= 4 is 52.2 Å². The molecule has 164 valence electrons. The molecule has 4 rings (SSSR count). The number of nitrogens with two attached hydrogens (primary N) is 1. The fourth-order valence-corrected chi connectivity index (χ4v) is 5.50. The van der Waals surface area contributed by atoms with Crippen molar-refractivity contribution in [3.63, 3.8) is 0 Å². The van der Waals surface area contributed by atoms with Gasteiger partial charge in [-0.1, -0.05) is 35.9 Å². The van der Waals surface area contributed by atoms with E-state index < -0.39 is 7.37 Å². The predicted octanol–water partition coefficient (Wildman–Crippen LogP) is 6.58. The first-order valence-corrected chi connectivity index (χ1v) is 12.5. The van der Waals surface area contributed by atoms with Crippen LogP contribution < -0.4 is 21.1 Å². The van der Waals surface area contributed by atoms with Gasteiger partial charge in [-0.15, -0.1) is 0 Å². The van der Waals surface area contributed by atoms with Gasteiger partial charge in [0.05, 0.1) is 16.9 Å². The number of hydrogen-bond acceptors (Lipinski definition) is 6. The third-order valence-corrected chi connectivity index (χ3v) is 7.37. The van der Waals surface area contributed by atoms with E-state index in [-0.39, 0.29) is 0 Å². The highest BCUT2D eigenvalue weighted by molar-refractivity contribution is 7.66. The molecular formula is C24H23ClN3O3P. The maximum Gasteiger partial charge on any atom is 0.230 e. The smallest absolute Gasteiger partial charge is 0.230 e. The molecule has 1 unspecified atom stereocenters. The lowest BCUT2D eigenvalue weighted by molar-refractivity contribution is 0.345. The normalized spacial score (nSPS) is 13.0. The molecule has 0 bridgehead atoms. The van der Waals surface area contributed by atoms with Gasteiger partial charge in [0.1, 0.15) is 17.3 Å². The Balaban J connectivity index is 1.56. The first-order chi connectivity index (χ1) is 15.4. The number of hydrogen-bond donors (Lipinski definition) is 2. The number of rotatable bonds is 7. The lowest BCUT2D eigenvalue weighted by Gasteiger charge is -2.16. The van der Waals surface area contributed by atoms with E-state index >= 15 is 0 Å². The molecule has 4 aromatic rings. The average molecular weight is 468 g/mol. The molecule has 0 radical (unpaired) electrons. The Hall–Kier alpha value is -3.05. The second kappa shape index (κ2) is 9.21. The molecular weight excluding hydrogens is 445 g/mol. The molecule has 6 nitrogen and oxygen atoms in total. The van der Waals surface area contributed by atoms with Gasteiger partial charge in [-0.25, -0.2) is 4.98 Å². The molecule has 0 saturated heterocycles. The van der Waals surface area contributed by atoms with Gasteiger partial charge in [0.25, 0.3) is 0 Å². The Morgan fingerprint density at radius 1 is 1.06 bits per heavy atom. The van der Waals surface area contributed by atoms with Crippen molar-refractivity contribution in [2.24, 2.45) is 0 Å². The number of aromatic nitrogens is 1. The molecule has 0 spiro atoms. The number of pyridine rings is 1. The lowest BCUT2D eigenvalue weighted by atomic mass is 10.1. The molecule has 0 aliphatic carbocycles. The number of halogens is 1. The van der Waals surface area contributed by atoms with E-state index in [1.165, 1.54) is 0 Å². The van der Waals surface area contributed by atoms with Crippen LogP contribution in [-0.4, -0.2) is 18.3 Å². The average Bonchev–Trinajstić information content (AvgIpc) is 2.76. The summed E-state index contributed by atoms with van der Waals surface area (Å²) in [5.74, 6) is 1.90. The number of fused-ring (bicyclic) bond motifs is 1. The van der Waals surface area contributed by atoms with Crippen molar-refractivity contribution in [1.29, 1.82) is 0 Å². The Morgan fingerprint density at radius 2 is 1.84 bits per heavy atom. The summed E-state index contributed by atoms with van der Waals surface area (Å²) in [7, 11) is -2.96. The Bertz CT molecular complexity index is 1330. The highest BCUT2D eigenvalue weighted by Gasteiger charge is 2.22. The van der Waals surface area contributed by atoms with Crippen LogP contribution in [0.25, 0.3) is 10.8 Å². The quantitative estimate of drug-likeness (QED) is 0.236. The van der Waals surface area contributed by atoms with E-state index in [1.54, 1.807) is 50.1 Å². The van der Waals surface area contributed by atoms with Crippen LogP contribution in [0.1, 0.15) is 6.92 Å². The van der Waals surface area contributed by atoms with Gasteiger partial charge in [-0.2, -0.15) is 0 Å². The van der Waals surface area contributed by atoms with Crippen LogP contribution in [0, 0.1) is 0 Å². The minimum absolute atomic E-state index is 0.351. The van der Waals surface area contributed by atoms with Gasteiger partial charge in [-0.05, 0) is 43.3 Å². The van der Waals surface area contributed by atoms with E-state index in [0.717, 1.165) is 10.8 Å². The maximum absolute atomic E-state index is 12.7. The summed E-state index contributed by atoms with van der Waals surface area (Å²) in [4.78, 5) is 4.35. The summed E-state index contributed by atoms with van der Waals surface area (Å²) >= 11 is 6.38. The zero-order valence-corrected chi connectivity index (χ0v) is 19.4. The van der Waals surface area contributed by atoms with Gasteiger partial charge in [0, 0.05) is 41.1 Å². The number of ether oxygens (including phenoxy) is 1. The van der Waals surface area contributed by atoms with E-state index in [2.05, 4.69) is 10.3 Å². The zero-order chi connectivity index (χ0) is 22.7. The number of nitrogens with zero attached hydrogens (tertiary/aromatic N) is 1. The molecule has 0 fully saturated rings. The SMILES string of the molecule is CCOP(C)(=O)c1ccc(Nc2cc(Oc3ccc(N)c4ccccc34)ccn2)cc1Cl. The van der Waals surface area contributed by atoms with Gasteiger partial charge in [0.15, 0.2) is 0 Å². The third-order valence-electron chi connectivity index (χ3n) is 4.91. The van der Waals surface area contributed by atoms with E-state index in [1.807, 2.05) is 36.4 Å². The number of nitrogens with one attached hydrogen (secondary N) is 1. The largest absolute Gasteiger partial charge is 0.457 e. The van der Waals surface area contributed by atoms with Crippen molar-refractivity contribution in [3.05, 3.63) is 77.9 Å². The molecule has 32 heavy (non-hydrogen) atoms. The van der Waals surface area contributed by atoms with Gasteiger partial charge in [-0.3, -0.25) is 4.57 Å². The standard InChI is InChI=1S/C24H23ClN3O3P/c1-3-30-32(2,29)23-11-8-16(14-20(23)25)28-24-15-17(12-13-27-24)31-22-10-9-21(26)18-6-4-5-7-19(18)22/h4-15H,3,26H2,1-2H3,(H,27,28). The first kappa shape index (κ1) is 22.2. The Kier molecular flexibility index (Phi) is 6.38. The highest BCUT2D eigenvalue weighted by Crippen LogP contribution is 2.44. The molecule has 1 heterocycles.